The van der Waals surface area contributed by atoms with Crippen LogP contribution in [0.3, 0.4) is 0 Å². The van der Waals surface area contributed by atoms with Crippen LogP contribution in [0.2, 0.25) is 0 Å². The maximum absolute atomic E-state index is 12.6. The van der Waals surface area contributed by atoms with Crippen LogP contribution in [-0.2, 0) is 4.79 Å². The maximum atomic E-state index is 12.6. The quantitative estimate of drug-likeness (QED) is 0.796. The molecule has 1 atom stereocenters. The molecule has 0 aromatic heterocycles. The van der Waals surface area contributed by atoms with Gasteiger partial charge in [-0.25, -0.2) is 0 Å². The lowest BCUT2D eigenvalue weighted by Crippen LogP contribution is -2.60. The Balaban J connectivity index is 2.18. The molecule has 0 radical (unpaired) electrons. The highest BCUT2D eigenvalue weighted by atomic mass is 16.2. The lowest BCUT2D eigenvalue weighted by Gasteiger charge is -2.47. The van der Waals surface area contributed by atoms with Crippen LogP contribution in [0.25, 0.3) is 0 Å². The summed E-state index contributed by atoms with van der Waals surface area (Å²) in [5, 5.41) is 0. The summed E-state index contributed by atoms with van der Waals surface area (Å²) in [4.78, 5) is 28.2. The molecule has 0 bridgehead atoms. The van der Waals surface area contributed by atoms with E-state index in [1.54, 1.807) is 6.92 Å². The summed E-state index contributed by atoms with van der Waals surface area (Å²) in [6.07, 6.45) is 0. The molecule has 2 amide bonds. The molecule has 1 heterocycles. The Kier molecular flexibility index (Phi) is 4.35. The second kappa shape index (κ2) is 5.88. The Labute approximate surface area is 126 Å². The Morgan fingerprint density at radius 3 is 2.24 bits per heavy atom. The number of hydrogen-bond acceptors (Lipinski definition) is 2. The van der Waals surface area contributed by atoms with Gasteiger partial charge in [-0.3, -0.25) is 9.59 Å². The van der Waals surface area contributed by atoms with Crippen molar-refractivity contribution in [3.63, 3.8) is 0 Å². The highest BCUT2D eigenvalue weighted by Gasteiger charge is 2.38. The fourth-order valence-corrected chi connectivity index (χ4v) is 2.85. The molecular weight excluding hydrogens is 264 g/mol. The first-order valence-corrected chi connectivity index (χ1v) is 7.42. The molecule has 1 fully saturated rings. The Hall–Kier alpha value is -1.84. The number of carbonyl (C=O) groups excluding carboxylic acids is 2. The minimum absolute atomic E-state index is 0.0491. The summed E-state index contributed by atoms with van der Waals surface area (Å²) < 4.78 is 0. The Morgan fingerprint density at radius 1 is 1.10 bits per heavy atom. The number of hydrogen-bond donors (Lipinski definition) is 0. The van der Waals surface area contributed by atoms with Crippen LogP contribution in [0.1, 0.15) is 38.1 Å². The zero-order chi connectivity index (χ0) is 15.6. The van der Waals surface area contributed by atoms with Gasteiger partial charge in [0.05, 0.1) is 6.04 Å². The number of nitrogens with zero attached hydrogens (tertiary/aromatic N) is 2. The summed E-state index contributed by atoms with van der Waals surface area (Å²) in [5.41, 5.74) is 0.655. The summed E-state index contributed by atoms with van der Waals surface area (Å²) in [6.45, 7) is 9.75. The van der Waals surface area contributed by atoms with Gasteiger partial charge in [0.2, 0.25) is 5.91 Å². The molecule has 0 saturated carbocycles. The molecule has 0 N–H and O–H groups in total. The normalized spacial score (nSPS) is 19.5. The monoisotopic (exact) mass is 288 g/mol. The molecular formula is C17H24N2O2. The predicted molar refractivity (Wildman–Crippen MR) is 83.0 cm³/mol. The highest BCUT2D eigenvalue weighted by Crippen LogP contribution is 2.28. The van der Waals surface area contributed by atoms with Crippen LogP contribution in [0.4, 0.5) is 0 Å². The van der Waals surface area contributed by atoms with Gasteiger partial charge < -0.3 is 9.80 Å². The van der Waals surface area contributed by atoms with Crippen molar-refractivity contribution in [1.29, 1.82) is 0 Å². The highest BCUT2D eigenvalue weighted by molar-refractivity contribution is 5.94. The van der Waals surface area contributed by atoms with Crippen molar-refractivity contribution < 1.29 is 9.59 Å². The minimum atomic E-state index is -0.0543. The summed E-state index contributed by atoms with van der Waals surface area (Å²) >= 11 is 0. The number of rotatable bonds is 1. The maximum Gasteiger partial charge on any atom is 0.253 e. The van der Waals surface area contributed by atoms with Crippen molar-refractivity contribution in [1.82, 2.24) is 9.80 Å². The summed E-state index contributed by atoms with van der Waals surface area (Å²) in [5.74, 6) is 0.134. The number of carbonyl (C=O) groups is 2. The van der Waals surface area contributed by atoms with E-state index in [9.17, 15) is 9.59 Å². The Bertz CT molecular complexity index is 519. The first-order chi connectivity index (χ1) is 9.80. The predicted octanol–water partition coefficient (Wildman–Crippen LogP) is 2.41. The second-order valence-corrected chi connectivity index (χ2v) is 6.71. The zero-order valence-corrected chi connectivity index (χ0v) is 13.3. The topological polar surface area (TPSA) is 40.6 Å². The standard InChI is InChI=1S/C17H24N2O2/c1-13(20)19-11-10-18(12-15(19)17(2,3)4)16(21)14-8-6-5-7-9-14/h5-9,15H,10-12H2,1-4H3. The third-order valence-corrected chi connectivity index (χ3v) is 4.09. The number of amides is 2. The second-order valence-electron chi connectivity index (χ2n) is 6.71. The van der Waals surface area contributed by atoms with Gasteiger partial charge in [0, 0.05) is 32.1 Å². The van der Waals surface area contributed by atoms with Gasteiger partial charge in [0.1, 0.15) is 0 Å². The molecule has 4 nitrogen and oxygen atoms in total. The average molecular weight is 288 g/mol. The van der Waals surface area contributed by atoms with Gasteiger partial charge >= 0.3 is 0 Å². The molecule has 1 aliphatic rings. The first kappa shape index (κ1) is 15.5. The third kappa shape index (κ3) is 3.43. The first-order valence-electron chi connectivity index (χ1n) is 7.42. The molecule has 1 saturated heterocycles. The molecule has 1 unspecified atom stereocenters. The van der Waals surface area contributed by atoms with Gasteiger partial charge in [-0.15, -0.1) is 0 Å². The smallest absolute Gasteiger partial charge is 0.253 e. The van der Waals surface area contributed by atoms with Crippen molar-refractivity contribution in [2.24, 2.45) is 5.41 Å². The van der Waals surface area contributed by atoms with Crippen LogP contribution in [-0.4, -0.2) is 47.3 Å². The third-order valence-electron chi connectivity index (χ3n) is 4.09. The van der Waals surface area contributed by atoms with Gasteiger partial charge in [0.15, 0.2) is 0 Å². The van der Waals surface area contributed by atoms with Crippen molar-refractivity contribution >= 4 is 11.8 Å². The Morgan fingerprint density at radius 2 is 1.71 bits per heavy atom. The van der Waals surface area contributed by atoms with Crippen LogP contribution >= 0.6 is 0 Å². The van der Waals surface area contributed by atoms with Crippen LogP contribution in [0, 0.1) is 5.41 Å². The van der Waals surface area contributed by atoms with Crippen molar-refractivity contribution in [3.05, 3.63) is 35.9 Å². The SMILES string of the molecule is CC(=O)N1CCN(C(=O)c2ccccc2)CC1C(C)(C)C. The molecule has 2 rings (SSSR count). The fraction of sp³-hybridized carbons (Fsp3) is 0.529. The largest absolute Gasteiger partial charge is 0.336 e. The molecule has 4 heteroatoms. The van der Waals surface area contributed by atoms with Crippen LogP contribution in [0.5, 0.6) is 0 Å². The molecule has 114 valence electrons. The van der Waals surface area contributed by atoms with Crippen molar-refractivity contribution in [2.75, 3.05) is 19.6 Å². The van der Waals surface area contributed by atoms with E-state index in [0.29, 0.717) is 25.2 Å². The molecule has 0 aliphatic carbocycles. The van der Waals surface area contributed by atoms with Crippen LogP contribution < -0.4 is 0 Å². The van der Waals surface area contributed by atoms with Gasteiger partial charge in [0.25, 0.3) is 5.91 Å². The minimum Gasteiger partial charge on any atom is -0.336 e. The van der Waals surface area contributed by atoms with E-state index in [-0.39, 0.29) is 23.3 Å². The van der Waals surface area contributed by atoms with Crippen molar-refractivity contribution in [3.8, 4) is 0 Å². The lowest BCUT2D eigenvalue weighted by molar-refractivity contribution is -0.136. The van der Waals surface area contributed by atoms with Gasteiger partial charge in [-0.1, -0.05) is 39.0 Å². The molecule has 1 aromatic rings. The van der Waals surface area contributed by atoms with E-state index in [1.807, 2.05) is 40.1 Å². The molecule has 0 spiro atoms. The summed E-state index contributed by atoms with van der Waals surface area (Å²) in [6, 6.07) is 9.39. The molecule has 21 heavy (non-hydrogen) atoms. The lowest BCUT2D eigenvalue weighted by atomic mass is 9.84. The van der Waals surface area contributed by atoms with E-state index in [2.05, 4.69) is 20.8 Å². The number of benzene rings is 1. The van der Waals surface area contributed by atoms with Gasteiger partial charge in [-0.2, -0.15) is 0 Å². The molecule has 1 aliphatic heterocycles. The summed E-state index contributed by atoms with van der Waals surface area (Å²) in [7, 11) is 0. The van der Waals surface area contributed by atoms with Crippen LogP contribution in [0.15, 0.2) is 30.3 Å². The van der Waals surface area contributed by atoms with E-state index < -0.39 is 0 Å². The zero-order valence-electron chi connectivity index (χ0n) is 13.3. The van der Waals surface area contributed by atoms with E-state index >= 15 is 0 Å². The van der Waals surface area contributed by atoms with E-state index in [4.69, 9.17) is 0 Å². The van der Waals surface area contributed by atoms with Crippen molar-refractivity contribution in [2.45, 2.75) is 33.7 Å². The fourth-order valence-electron chi connectivity index (χ4n) is 2.85. The number of piperazine rings is 1. The average Bonchev–Trinajstić information content (AvgIpc) is 2.45. The van der Waals surface area contributed by atoms with Gasteiger partial charge in [-0.05, 0) is 17.5 Å². The van der Waals surface area contributed by atoms with E-state index in [0.717, 1.165) is 0 Å². The van der Waals surface area contributed by atoms with E-state index in [1.165, 1.54) is 0 Å². The molecule has 1 aromatic carbocycles.